The first-order valence-corrected chi connectivity index (χ1v) is 16.5. The minimum absolute atomic E-state index is 0.0248. The number of nitrogens with one attached hydrogen (secondary N) is 1. The van der Waals surface area contributed by atoms with E-state index in [-0.39, 0.29) is 49.5 Å². The Morgan fingerprint density at radius 1 is 0.930 bits per heavy atom. The fourth-order valence-electron chi connectivity index (χ4n) is 5.46. The molecular formula is C33H39F2N3O4S. The van der Waals surface area contributed by atoms with Crippen LogP contribution in [-0.2, 0) is 32.6 Å². The van der Waals surface area contributed by atoms with Crippen molar-refractivity contribution in [2.24, 2.45) is 0 Å². The van der Waals surface area contributed by atoms with Crippen molar-refractivity contribution in [3.63, 3.8) is 0 Å². The SMILES string of the molecule is Cc1ccc(CN(C(=O)CCCN(c2ccc(F)c(F)c2)S(C)(=O)=O)C(Cc2ccccc2)C(=O)NC2CCCC2)cc1. The van der Waals surface area contributed by atoms with Crippen LogP contribution in [0.4, 0.5) is 14.5 Å². The molecule has 7 nitrogen and oxygen atoms in total. The predicted octanol–water partition coefficient (Wildman–Crippen LogP) is 5.52. The third-order valence-electron chi connectivity index (χ3n) is 7.79. The molecule has 4 rings (SSSR count). The van der Waals surface area contributed by atoms with E-state index in [0.717, 1.165) is 65.1 Å². The summed E-state index contributed by atoms with van der Waals surface area (Å²) in [5.41, 5.74) is 2.82. The summed E-state index contributed by atoms with van der Waals surface area (Å²) >= 11 is 0. The summed E-state index contributed by atoms with van der Waals surface area (Å²) in [6.45, 7) is 2.06. The Labute approximate surface area is 252 Å². The number of aryl methyl sites for hydroxylation is 1. The van der Waals surface area contributed by atoms with Gasteiger partial charge in [-0.25, -0.2) is 17.2 Å². The van der Waals surface area contributed by atoms with Crippen molar-refractivity contribution in [3.05, 3.63) is 101 Å². The van der Waals surface area contributed by atoms with E-state index in [9.17, 15) is 26.8 Å². The smallest absolute Gasteiger partial charge is 0.243 e. The van der Waals surface area contributed by atoms with Gasteiger partial charge >= 0.3 is 0 Å². The number of carbonyl (C=O) groups is 2. The zero-order chi connectivity index (χ0) is 31.0. The number of amides is 2. The van der Waals surface area contributed by atoms with Gasteiger partial charge in [-0.3, -0.25) is 13.9 Å². The minimum Gasteiger partial charge on any atom is -0.352 e. The number of sulfonamides is 1. The second-order valence-corrected chi connectivity index (χ2v) is 13.1. The van der Waals surface area contributed by atoms with E-state index in [1.54, 1.807) is 4.90 Å². The van der Waals surface area contributed by atoms with E-state index >= 15 is 0 Å². The summed E-state index contributed by atoms with van der Waals surface area (Å²) < 4.78 is 53.4. The molecule has 2 amide bonds. The summed E-state index contributed by atoms with van der Waals surface area (Å²) in [6, 6.07) is 19.5. The Hall–Kier alpha value is -3.79. The molecular weight excluding hydrogens is 572 g/mol. The quantitative estimate of drug-likeness (QED) is 0.276. The van der Waals surface area contributed by atoms with Gasteiger partial charge in [-0.2, -0.15) is 0 Å². The van der Waals surface area contributed by atoms with Crippen LogP contribution >= 0.6 is 0 Å². The van der Waals surface area contributed by atoms with Crippen molar-refractivity contribution >= 4 is 27.5 Å². The average molecular weight is 612 g/mol. The van der Waals surface area contributed by atoms with Crippen molar-refractivity contribution in [2.75, 3.05) is 17.1 Å². The maximum Gasteiger partial charge on any atom is 0.243 e. The molecule has 0 saturated heterocycles. The first-order valence-electron chi connectivity index (χ1n) is 14.6. The Morgan fingerprint density at radius 2 is 1.60 bits per heavy atom. The molecule has 43 heavy (non-hydrogen) atoms. The normalized spacial score (nSPS) is 14.3. The molecule has 1 aliphatic rings. The molecule has 3 aromatic carbocycles. The molecule has 1 aliphatic carbocycles. The van der Waals surface area contributed by atoms with Crippen LogP contribution in [0.15, 0.2) is 72.8 Å². The summed E-state index contributed by atoms with van der Waals surface area (Å²) in [6.07, 6.45) is 5.26. The van der Waals surface area contributed by atoms with Gasteiger partial charge in [0.05, 0.1) is 11.9 Å². The van der Waals surface area contributed by atoms with E-state index in [2.05, 4.69) is 5.32 Å². The highest BCUT2D eigenvalue weighted by Crippen LogP contribution is 2.23. The van der Waals surface area contributed by atoms with Gasteiger partial charge in [0.25, 0.3) is 0 Å². The van der Waals surface area contributed by atoms with Gasteiger partial charge in [0.2, 0.25) is 21.8 Å². The number of carbonyl (C=O) groups excluding carboxylic acids is 2. The van der Waals surface area contributed by atoms with Gasteiger partial charge < -0.3 is 10.2 Å². The van der Waals surface area contributed by atoms with E-state index < -0.39 is 27.7 Å². The van der Waals surface area contributed by atoms with Crippen molar-refractivity contribution in [3.8, 4) is 0 Å². The number of anilines is 1. The van der Waals surface area contributed by atoms with Gasteiger partial charge in [-0.1, -0.05) is 73.0 Å². The molecule has 0 radical (unpaired) electrons. The largest absolute Gasteiger partial charge is 0.352 e. The Kier molecular flexibility index (Phi) is 10.9. The van der Waals surface area contributed by atoms with Crippen LogP contribution in [-0.4, -0.2) is 50.0 Å². The van der Waals surface area contributed by atoms with Crippen LogP contribution in [0.2, 0.25) is 0 Å². The molecule has 0 heterocycles. The van der Waals surface area contributed by atoms with E-state index in [1.807, 2.05) is 61.5 Å². The van der Waals surface area contributed by atoms with Gasteiger partial charge in [0.15, 0.2) is 11.6 Å². The number of benzene rings is 3. The first-order chi connectivity index (χ1) is 20.5. The first kappa shape index (κ1) is 32.1. The maximum atomic E-state index is 13.9. The summed E-state index contributed by atoms with van der Waals surface area (Å²) in [5.74, 6) is -2.76. The van der Waals surface area contributed by atoms with Gasteiger partial charge in [-0.15, -0.1) is 0 Å². The molecule has 1 N–H and O–H groups in total. The number of rotatable bonds is 13. The number of hydrogen-bond donors (Lipinski definition) is 1. The van der Waals surface area contributed by atoms with Gasteiger partial charge in [-0.05, 0) is 49.4 Å². The van der Waals surface area contributed by atoms with Crippen LogP contribution in [0.5, 0.6) is 0 Å². The molecule has 10 heteroatoms. The lowest BCUT2D eigenvalue weighted by Crippen LogP contribution is -2.52. The molecule has 0 bridgehead atoms. The lowest BCUT2D eigenvalue weighted by atomic mass is 10.0. The fourth-order valence-corrected chi connectivity index (χ4v) is 6.41. The fraction of sp³-hybridized carbons (Fsp3) is 0.394. The Morgan fingerprint density at radius 3 is 2.23 bits per heavy atom. The second kappa shape index (κ2) is 14.6. The second-order valence-electron chi connectivity index (χ2n) is 11.2. The highest BCUT2D eigenvalue weighted by atomic mass is 32.2. The standard InChI is InChI=1S/C33H39F2N3O4S/c1-24-14-16-26(17-15-24)23-37(31(21-25-9-4-3-5-10-25)33(40)36-27-11-6-7-12-27)32(39)13-8-20-38(43(2,41)42)28-18-19-29(34)30(35)22-28/h3-5,9-10,14-19,22,27,31H,6-8,11-13,20-21,23H2,1-2H3,(H,36,40). The third kappa shape index (κ3) is 9.10. The molecule has 1 atom stereocenters. The van der Waals surface area contributed by atoms with Gasteiger partial charge in [0, 0.05) is 38.0 Å². The summed E-state index contributed by atoms with van der Waals surface area (Å²) in [7, 11) is -3.85. The van der Waals surface area contributed by atoms with Crippen LogP contribution in [0.1, 0.15) is 55.2 Å². The monoisotopic (exact) mass is 611 g/mol. The summed E-state index contributed by atoms with van der Waals surface area (Å²) in [4.78, 5) is 29.3. The van der Waals surface area contributed by atoms with Crippen molar-refractivity contribution < 1.29 is 26.8 Å². The van der Waals surface area contributed by atoms with Crippen LogP contribution < -0.4 is 9.62 Å². The summed E-state index contributed by atoms with van der Waals surface area (Å²) in [5, 5.41) is 3.17. The predicted molar refractivity (Wildman–Crippen MR) is 164 cm³/mol. The number of halogens is 2. The van der Waals surface area contributed by atoms with E-state index in [0.29, 0.717) is 6.42 Å². The Bertz CT molecular complexity index is 1490. The average Bonchev–Trinajstić information content (AvgIpc) is 3.48. The van der Waals surface area contributed by atoms with Crippen molar-refractivity contribution in [1.82, 2.24) is 10.2 Å². The lowest BCUT2D eigenvalue weighted by Gasteiger charge is -2.33. The molecule has 1 unspecified atom stereocenters. The zero-order valence-electron chi connectivity index (χ0n) is 24.6. The van der Waals surface area contributed by atoms with E-state index in [4.69, 9.17) is 0 Å². The topological polar surface area (TPSA) is 86.8 Å². The highest BCUT2D eigenvalue weighted by Gasteiger charge is 2.32. The maximum absolute atomic E-state index is 13.9. The number of nitrogens with zero attached hydrogens (tertiary/aromatic N) is 2. The zero-order valence-corrected chi connectivity index (χ0v) is 25.5. The molecule has 1 saturated carbocycles. The Balaban J connectivity index is 1.58. The van der Waals surface area contributed by atoms with Crippen molar-refractivity contribution in [2.45, 2.75) is 70.5 Å². The lowest BCUT2D eigenvalue weighted by molar-refractivity contribution is -0.141. The molecule has 0 aromatic heterocycles. The minimum atomic E-state index is -3.85. The molecule has 0 spiro atoms. The van der Waals surface area contributed by atoms with E-state index in [1.165, 1.54) is 6.07 Å². The molecule has 0 aliphatic heterocycles. The van der Waals surface area contributed by atoms with Gasteiger partial charge in [0.1, 0.15) is 6.04 Å². The number of hydrogen-bond acceptors (Lipinski definition) is 4. The van der Waals surface area contributed by atoms with Crippen LogP contribution in [0, 0.1) is 18.6 Å². The van der Waals surface area contributed by atoms with Crippen molar-refractivity contribution in [1.29, 1.82) is 0 Å². The third-order valence-corrected chi connectivity index (χ3v) is 8.98. The molecule has 3 aromatic rings. The van der Waals surface area contributed by atoms with Crippen LogP contribution in [0.3, 0.4) is 0 Å². The highest BCUT2D eigenvalue weighted by molar-refractivity contribution is 7.92. The van der Waals surface area contributed by atoms with Crippen LogP contribution in [0.25, 0.3) is 0 Å². The molecule has 1 fully saturated rings. The molecule has 230 valence electrons.